The van der Waals surface area contributed by atoms with Crippen molar-refractivity contribution in [2.24, 2.45) is 0 Å². The van der Waals surface area contributed by atoms with Crippen LogP contribution in [0.15, 0.2) is 18.3 Å². The van der Waals surface area contributed by atoms with Crippen LogP contribution in [-0.2, 0) is 0 Å². The average molecular weight is 182 g/mol. The van der Waals surface area contributed by atoms with E-state index >= 15 is 0 Å². The maximum absolute atomic E-state index is 4.21. The lowest BCUT2D eigenvalue weighted by molar-refractivity contribution is 0.690. The first-order chi connectivity index (χ1) is 5.65. The second-order valence-electron chi connectivity index (χ2n) is 2.85. The van der Waals surface area contributed by atoms with Crippen molar-refractivity contribution in [3.63, 3.8) is 0 Å². The summed E-state index contributed by atoms with van der Waals surface area (Å²) in [7, 11) is 1.94. The molecule has 1 aromatic heterocycles. The molecule has 1 atom stereocenters. The smallest absolute Gasteiger partial charge is 0.0897 e. The molecule has 0 aliphatic carbocycles. The molecule has 12 heavy (non-hydrogen) atoms. The molecule has 0 radical (unpaired) electrons. The molecular weight excluding hydrogens is 168 g/mol. The molecule has 0 saturated carbocycles. The fraction of sp³-hybridized carbons (Fsp3) is 0.444. The van der Waals surface area contributed by atoms with Gasteiger partial charge in [-0.05, 0) is 20.9 Å². The molecular formula is C9H14N2S. The lowest BCUT2D eigenvalue weighted by Crippen LogP contribution is -2.15. The van der Waals surface area contributed by atoms with Crippen molar-refractivity contribution in [1.29, 1.82) is 0 Å². The van der Waals surface area contributed by atoms with Crippen molar-refractivity contribution in [1.82, 2.24) is 10.3 Å². The van der Waals surface area contributed by atoms with Crippen molar-refractivity contribution >= 4 is 11.3 Å². The number of nitrogens with one attached hydrogen (secondary N) is 1. The van der Waals surface area contributed by atoms with E-state index in [1.165, 1.54) is 4.88 Å². The third-order valence-electron chi connectivity index (χ3n) is 1.71. The highest BCUT2D eigenvalue weighted by Crippen LogP contribution is 2.24. The number of likely N-dealkylation sites (N-methyl/N-ethyl adjacent to an activating group) is 1. The Morgan fingerprint density at radius 3 is 2.75 bits per heavy atom. The van der Waals surface area contributed by atoms with Crippen molar-refractivity contribution in [2.45, 2.75) is 19.9 Å². The van der Waals surface area contributed by atoms with Gasteiger partial charge in [-0.25, -0.2) is 4.98 Å². The van der Waals surface area contributed by atoms with E-state index in [4.69, 9.17) is 0 Å². The van der Waals surface area contributed by atoms with Crippen LogP contribution in [0.25, 0.3) is 0 Å². The Hall–Kier alpha value is -0.670. The Morgan fingerprint density at radius 1 is 1.75 bits per heavy atom. The molecule has 0 saturated heterocycles. The summed E-state index contributed by atoms with van der Waals surface area (Å²) in [6.45, 7) is 7.97. The van der Waals surface area contributed by atoms with Crippen molar-refractivity contribution in [3.05, 3.63) is 28.2 Å². The highest BCUT2D eigenvalue weighted by molar-refractivity contribution is 7.11. The summed E-state index contributed by atoms with van der Waals surface area (Å²) in [5.41, 5.74) is 1.13. The highest BCUT2D eigenvalue weighted by atomic mass is 32.1. The topological polar surface area (TPSA) is 24.9 Å². The lowest BCUT2D eigenvalue weighted by Gasteiger charge is -2.12. The predicted octanol–water partition coefficient (Wildman–Crippen LogP) is 2.29. The first kappa shape index (κ1) is 9.42. The van der Waals surface area contributed by atoms with Crippen molar-refractivity contribution < 1.29 is 0 Å². The third-order valence-corrected chi connectivity index (χ3v) is 2.68. The summed E-state index contributed by atoms with van der Waals surface area (Å²) in [5.74, 6) is 0. The van der Waals surface area contributed by atoms with Crippen LogP contribution in [0.1, 0.15) is 22.9 Å². The highest BCUT2D eigenvalue weighted by Gasteiger charge is 2.11. The monoisotopic (exact) mass is 182 g/mol. The average Bonchev–Trinajstić information content (AvgIpc) is 2.37. The third kappa shape index (κ3) is 1.93. The second kappa shape index (κ2) is 3.83. The van der Waals surface area contributed by atoms with E-state index in [1.54, 1.807) is 11.3 Å². The van der Waals surface area contributed by atoms with Crippen LogP contribution in [0.3, 0.4) is 0 Å². The van der Waals surface area contributed by atoms with Gasteiger partial charge in [0.15, 0.2) is 0 Å². The fourth-order valence-corrected chi connectivity index (χ4v) is 2.13. The van der Waals surface area contributed by atoms with Gasteiger partial charge in [-0.2, -0.15) is 0 Å². The van der Waals surface area contributed by atoms with E-state index in [0.717, 1.165) is 10.6 Å². The SMILES string of the molecule is C=C(C)C(NC)c1cnc(C)s1. The molecule has 0 aliphatic rings. The van der Waals surface area contributed by atoms with Crippen LogP contribution < -0.4 is 5.32 Å². The Labute approximate surface area is 77.3 Å². The van der Waals surface area contributed by atoms with Crippen LogP contribution in [0, 0.1) is 6.92 Å². The summed E-state index contributed by atoms with van der Waals surface area (Å²) in [4.78, 5) is 5.44. The van der Waals surface area contributed by atoms with E-state index in [-0.39, 0.29) is 6.04 Å². The van der Waals surface area contributed by atoms with E-state index in [2.05, 4.69) is 16.9 Å². The minimum absolute atomic E-state index is 0.260. The molecule has 1 unspecified atom stereocenters. The number of rotatable bonds is 3. The van der Waals surface area contributed by atoms with Crippen LogP contribution in [0.5, 0.6) is 0 Å². The molecule has 0 aliphatic heterocycles. The van der Waals surface area contributed by atoms with Gasteiger partial charge < -0.3 is 5.32 Å². The zero-order chi connectivity index (χ0) is 9.14. The van der Waals surface area contributed by atoms with Gasteiger partial charge in [-0.3, -0.25) is 0 Å². The predicted molar refractivity (Wildman–Crippen MR) is 53.5 cm³/mol. The molecule has 0 fully saturated rings. The number of aromatic nitrogens is 1. The number of nitrogens with zero attached hydrogens (tertiary/aromatic N) is 1. The molecule has 1 N–H and O–H groups in total. The van der Waals surface area contributed by atoms with Gasteiger partial charge >= 0.3 is 0 Å². The molecule has 3 heteroatoms. The largest absolute Gasteiger partial charge is 0.309 e. The molecule has 0 amide bonds. The normalized spacial score (nSPS) is 12.9. The standard InChI is InChI=1S/C9H14N2S/c1-6(2)9(10-4)8-5-11-7(3)12-8/h5,9-10H,1H2,2-4H3. The van der Waals surface area contributed by atoms with E-state index < -0.39 is 0 Å². The minimum Gasteiger partial charge on any atom is -0.309 e. The van der Waals surface area contributed by atoms with Gasteiger partial charge in [0.05, 0.1) is 11.0 Å². The van der Waals surface area contributed by atoms with E-state index in [9.17, 15) is 0 Å². The molecule has 2 nitrogen and oxygen atoms in total. The number of aryl methyl sites for hydroxylation is 1. The summed E-state index contributed by atoms with van der Waals surface area (Å²) in [6, 6.07) is 0.260. The lowest BCUT2D eigenvalue weighted by atomic mass is 10.1. The first-order valence-electron chi connectivity index (χ1n) is 3.90. The molecule has 0 spiro atoms. The molecule has 1 rings (SSSR count). The van der Waals surface area contributed by atoms with Crippen molar-refractivity contribution in [3.8, 4) is 0 Å². The summed E-state index contributed by atoms with van der Waals surface area (Å²) in [5, 5.41) is 4.31. The van der Waals surface area contributed by atoms with Gasteiger partial charge in [0, 0.05) is 11.1 Å². The van der Waals surface area contributed by atoms with Crippen LogP contribution in [0.2, 0.25) is 0 Å². The van der Waals surface area contributed by atoms with Crippen LogP contribution in [0.4, 0.5) is 0 Å². The fourth-order valence-electron chi connectivity index (χ4n) is 1.14. The molecule has 1 heterocycles. The van der Waals surface area contributed by atoms with Crippen LogP contribution in [-0.4, -0.2) is 12.0 Å². The molecule has 0 aromatic carbocycles. The van der Waals surface area contributed by atoms with Crippen LogP contribution >= 0.6 is 11.3 Å². The van der Waals surface area contributed by atoms with Gasteiger partial charge in [0.2, 0.25) is 0 Å². The number of hydrogen-bond donors (Lipinski definition) is 1. The number of hydrogen-bond acceptors (Lipinski definition) is 3. The minimum atomic E-state index is 0.260. The Kier molecular flexibility index (Phi) is 3.00. The van der Waals surface area contributed by atoms with Gasteiger partial charge in [0.1, 0.15) is 0 Å². The number of thiazole rings is 1. The summed E-state index contributed by atoms with van der Waals surface area (Å²) in [6.07, 6.45) is 1.91. The Balaban J connectivity index is 2.87. The molecule has 0 bridgehead atoms. The molecule has 66 valence electrons. The Bertz CT molecular complexity index is 278. The quantitative estimate of drug-likeness (QED) is 0.725. The second-order valence-corrected chi connectivity index (χ2v) is 4.12. The first-order valence-corrected chi connectivity index (χ1v) is 4.71. The zero-order valence-corrected chi connectivity index (χ0v) is 8.53. The van der Waals surface area contributed by atoms with E-state index in [0.29, 0.717) is 0 Å². The maximum atomic E-state index is 4.21. The van der Waals surface area contributed by atoms with Gasteiger partial charge in [0.25, 0.3) is 0 Å². The Morgan fingerprint density at radius 2 is 2.42 bits per heavy atom. The van der Waals surface area contributed by atoms with Crippen molar-refractivity contribution in [2.75, 3.05) is 7.05 Å². The zero-order valence-electron chi connectivity index (χ0n) is 7.72. The maximum Gasteiger partial charge on any atom is 0.0897 e. The summed E-state index contributed by atoms with van der Waals surface area (Å²) < 4.78 is 0. The van der Waals surface area contributed by atoms with E-state index in [1.807, 2.05) is 27.1 Å². The van der Waals surface area contributed by atoms with Gasteiger partial charge in [-0.15, -0.1) is 11.3 Å². The molecule has 1 aromatic rings. The summed E-state index contributed by atoms with van der Waals surface area (Å²) >= 11 is 1.71. The van der Waals surface area contributed by atoms with Gasteiger partial charge in [-0.1, -0.05) is 12.2 Å².